The van der Waals surface area contributed by atoms with Gasteiger partial charge in [-0.2, -0.15) is 0 Å². The summed E-state index contributed by atoms with van der Waals surface area (Å²) in [5.41, 5.74) is 9.19. The Morgan fingerprint density at radius 3 is 1.33 bits per heavy atom. The van der Waals surface area contributed by atoms with E-state index in [1.165, 1.54) is 0 Å². The summed E-state index contributed by atoms with van der Waals surface area (Å²) in [7, 11) is 3.75. The molecule has 0 aliphatic carbocycles. The third kappa shape index (κ3) is 13.2. The van der Waals surface area contributed by atoms with Crippen LogP contribution < -0.4 is 30.7 Å². The van der Waals surface area contributed by atoms with E-state index < -0.39 is 36.6 Å². The summed E-state index contributed by atoms with van der Waals surface area (Å²) in [4.78, 5) is 44.3. The van der Waals surface area contributed by atoms with Crippen molar-refractivity contribution in [3.05, 3.63) is 103 Å². The van der Waals surface area contributed by atoms with Crippen molar-refractivity contribution in [3.63, 3.8) is 0 Å². The number of carbonyl (C=O) groups is 4. The van der Waals surface area contributed by atoms with Crippen molar-refractivity contribution in [2.45, 2.75) is 53.8 Å². The molecule has 12 nitrogen and oxygen atoms in total. The van der Waals surface area contributed by atoms with Crippen LogP contribution in [0.4, 0.5) is 22.7 Å². The molecule has 4 rings (SSSR count). The number of rotatable bonds is 14. The van der Waals surface area contributed by atoms with E-state index in [2.05, 4.69) is 65.3 Å². The molecule has 0 radical (unpaired) electrons. The summed E-state index contributed by atoms with van der Waals surface area (Å²) in [5.74, 6) is -2.13. The minimum atomic E-state index is -1.18. The smallest absolute Gasteiger partial charge is 0.312 e. The van der Waals surface area contributed by atoms with Crippen molar-refractivity contribution >= 4 is 78.4 Å². The number of hydrogen-bond acceptors (Lipinski definition) is 8. The number of carbonyl (C=O) groups excluding carboxylic acids is 2. The van der Waals surface area contributed by atoms with Gasteiger partial charge in [-0.25, -0.2) is 0 Å². The number of benzene rings is 4. The van der Waals surface area contributed by atoms with E-state index in [0.717, 1.165) is 50.5 Å². The Morgan fingerprint density at radius 1 is 0.558 bits per heavy atom. The molecular weight excluding hydrogens is 800 g/mol. The van der Waals surface area contributed by atoms with Crippen LogP contribution >= 0.6 is 31.9 Å². The molecule has 0 fully saturated rings. The molecule has 0 saturated heterocycles. The van der Waals surface area contributed by atoms with Gasteiger partial charge in [0.2, 0.25) is 11.8 Å². The van der Waals surface area contributed by atoms with Crippen molar-refractivity contribution in [3.8, 4) is 11.5 Å². The molecule has 0 saturated carbocycles. The van der Waals surface area contributed by atoms with Crippen LogP contribution in [0, 0.1) is 27.7 Å². The molecule has 14 heteroatoms. The summed E-state index contributed by atoms with van der Waals surface area (Å²) in [6, 6.07) is 19.2. The van der Waals surface area contributed by atoms with Crippen molar-refractivity contribution in [2.75, 3.05) is 35.4 Å². The fraction of sp³-hybridized carbons (Fsp3) is 0.263. The van der Waals surface area contributed by atoms with E-state index in [1.807, 2.05) is 66.1 Å². The number of nitrogens with one attached hydrogen (secondary N) is 4. The van der Waals surface area contributed by atoms with E-state index in [0.29, 0.717) is 39.3 Å². The first-order valence-electron chi connectivity index (χ1n) is 16.0. The number of hydrogen-bond donors (Lipinski definition) is 6. The summed E-state index contributed by atoms with van der Waals surface area (Å²) in [6.07, 6.45) is -1.15. The zero-order chi connectivity index (χ0) is 38.5. The molecule has 4 aromatic carbocycles. The van der Waals surface area contributed by atoms with Gasteiger partial charge in [0.05, 0.1) is 8.95 Å². The third-order valence-electron chi connectivity index (χ3n) is 7.27. The van der Waals surface area contributed by atoms with Crippen molar-refractivity contribution in [1.29, 1.82) is 0 Å². The second kappa shape index (κ2) is 19.5. The van der Waals surface area contributed by atoms with Gasteiger partial charge in [0, 0.05) is 36.8 Å². The number of aryl methyl sites for hydroxylation is 4. The molecule has 2 amide bonds. The topological polar surface area (TPSA) is 175 Å². The van der Waals surface area contributed by atoms with E-state index in [-0.39, 0.29) is 0 Å². The Morgan fingerprint density at radius 2 is 0.942 bits per heavy atom. The first-order valence-corrected chi connectivity index (χ1v) is 17.6. The average Bonchev–Trinajstić information content (AvgIpc) is 3.03. The Hall–Kier alpha value is -5.08. The number of amides is 2. The van der Waals surface area contributed by atoms with Gasteiger partial charge in [-0.05, 0) is 141 Å². The first kappa shape index (κ1) is 41.3. The molecule has 276 valence electrons. The lowest BCUT2D eigenvalue weighted by Crippen LogP contribution is -2.16. The van der Waals surface area contributed by atoms with E-state index >= 15 is 0 Å². The number of aliphatic carboxylic acids is 2. The largest absolute Gasteiger partial charge is 0.488 e. The van der Waals surface area contributed by atoms with Crippen LogP contribution in [0.5, 0.6) is 11.5 Å². The Bertz CT molecular complexity index is 1770. The van der Waals surface area contributed by atoms with Crippen molar-refractivity contribution in [2.24, 2.45) is 0 Å². The van der Waals surface area contributed by atoms with Crippen LogP contribution in [-0.4, -0.2) is 48.1 Å². The molecule has 0 unspecified atom stereocenters. The van der Waals surface area contributed by atoms with Crippen LogP contribution in [0.15, 0.2) is 69.6 Å². The summed E-state index contributed by atoms with van der Waals surface area (Å²) in [5, 5.41) is 28.7. The molecule has 4 aromatic rings. The molecule has 0 aliphatic heterocycles. The molecular formula is C38H42Br2N4O8. The Kier molecular flexibility index (Phi) is 15.5. The lowest BCUT2D eigenvalue weighted by Gasteiger charge is -2.15. The van der Waals surface area contributed by atoms with Gasteiger partial charge in [0.1, 0.15) is 37.6 Å². The highest BCUT2D eigenvalue weighted by Gasteiger charge is 2.14. The second-order valence-corrected chi connectivity index (χ2v) is 13.6. The Balaban J connectivity index is 0.000000280. The summed E-state index contributed by atoms with van der Waals surface area (Å²) < 4.78 is 13.2. The van der Waals surface area contributed by atoms with Gasteiger partial charge in [0.15, 0.2) is 0 Å². The van der Waals surface area contributed by atoms with Crippen LogP contribution in [0.25, 0.3) is 0 Å². The fourth-order valence-corrected chi connectivity index (χ4v) is 6.61. The predicted molar refractivity (Wildman–Crippen MR) is 210 cm³/mol. The highest BCUT2D eigenvalue weighted by atomic mass is 79.9. The highest BCUT2D eigenvalue weighted by Crippen LogP contribution is 2.37. The molecule has 6 N–H and O–H groups in total. The number of halogens is 2. The average molecular weight is 843 g/mol. The Labute approximate surface area is 319 Å². The normalized spacial score (nSPS) is 10.3. The number of carboxylic acid groups (broad SMARTS) is 2. The minimum absolute atomic E-state index is 0.373. The van der Waals surface area contributed by atoms with Crippen LogP contribution in [0.1, 0.15) is 46.2 Å². The highest BCUT2D eigenvalue weighted by molar-refractivity contribution is 9.11. The summed E-state index contributed by atoms with van der Waals surface area (Å²) in [6.45, 7) is 8.65. The zero-order valence-corrected chi connectivity index (χ0v) is 32.9. The zero-order valence-electron chi connectivity index (χ0n) is 29.7. The molecule has 0 aromatic heterocycles. The van der Waals surface area contributed by atoms with E-state index in [4.69, 9.17) is 19.7 Å². The summed E-state index contributed by atoms with van der Waals surface area (Å²) >= 11 is 6.84. The lowest BCUT2D eigenvalue weighted by atomic mass is 10.1. The lowest BCUT2D eigenvalue weighted by molar-refractivity contribution is -0.141. The quantitative estimate of drug-likeness (QED) is 0.0679. The van der Waals surface area contributed by atoms with E-state index in [9.17, 15) is 19.2 Å². The molecule has 0 bridgehead atoms. The molecule has 0 heterocycles. The van der Waals surface area contributed by atoms with Crippen LogP contribution in [0.2, 0.25) is 0 Å². The number of carboxylic acids is 2. The van der Waals surface area contributed by atoms with Gasteiger partial charge in [-0.3, -0.25) is 19.2 Å². The van der Waals surface area contributed by atoms with Gasteiger partial charge in [0.25, 0.3) is 0 Å². The fourth-order valence-electron chi connectivity index (χ4n) is 5.20. The predicted octanol–water partition coefficient (Wildman–Crippen LogP) is 8.20. The molecule has 0 aliphatic rings. The number of anilines is 4. The van der Waals surface area contributed by atoms with Gasteiger partial charge in [-0.15, -0.1) is 0 Å². The van der Waals surface area contributed by atoms with Crippen molar-refractivity contribution in [1.82, 2.24) is 0 Å². The number of ether oxygens (including phenoxy) is 2. The first-order chi connectivity index (χ1) is 24.6. The molecule has 0 spiro atoms. The molecule has 52 heavy (non-hydrogen) atoms. The van der Waals surface area contributed by atoms with Crippen molar-refractivity contribution < 1.29 is 38.9 Å². The minimum Gasteiger partial charge on any atom is -0.488 e. The van der Waals surface area contributed by atoms with E-state index in [1.54, 1.807) is 24.3 Å². The van der Waals surface area contributed by atoms with Crippen LogP contribution in [-0.2, 0) is 32.4 Å². The van der Waals surface area contributed by atoms with Gasteiger partial charge in [-0.1, -0.05) is 12.1 Å². The molecule has 0 atom stereocenters. The maximum atomic E-state index is 11.6. The maximum Gasteiger partial charge on any atom is 0.312 e. The SMILES string of the molecule is CNc1cc(C)cc(COc2c(Br)cc(NC(=O)CC(=O)O)cc2Br)c1.CNc1cc(C)cc(COc2c(C)cc(NC(=O)CC(=O)O)cc2C)c1. The van der Waals surface area contributed by atoms with Crippen LogP contribution in [0.3, 0.4) is 0 Å². The van der Waals surface area contributed by atoms with Gasteiger partial charge < -0.3 is 41.0 Å². The van der Waals surface area contributed by atoms with Gasteiger partial charge >= 0.3 is 11.9 Å². The maximum absolute atomic E-state index is 11.6. The third-order valence-corrected chi connectivity index (χ3v) is 8.45. The monoisotopic (exact) mass is 840 g/mol. The second-order valence-electron chi connectivity index (χ2n) is 11.9. The standard InChI is InChI=1S/C20H24N2O4.C18H18Br2N2O4/c1-12-5-15(9-16(6-12)21-4)11-26-20-13(2)7-17(8-14(20)3)22-18(23)10-19(24)25;1-10-3-11(5-12(4-10)21-2)9-26-18-14(19)6-13(7-15(18)20)22-16(23)8-17(24)25/h5-9,21H,10-11H2,1-4H3,(H,22,23)(H,24,25);3-7,21H,8-9H2,1-2H3,(H,22,23)(H,24,25).